The highest BCUT2D eigenvalue weighted by molar-refractivity contribution is 7.98. The minimum atomic E-state index is -4.50. The molecular formula is C31H28F3N7O2S2. The van der Waals surface area contributed by atoms with Crippen molar-refractivity contribution < 1.29 is 22.7 Å². The summed E-state index contributed by atoms with van der Waals surface area (Å²) in [6.07, 6.45) is -1.33. The van der Waals surface area contributed by atoms with Gasteiger partial charge in [-0.25, -0.2) is 4.98 Å². The number of ether oxygens (including phenoxy) is 1. The number of rotatable bonds is 9. The maximum Gasteiger partial charge on any atom is 0.416 e. The largest absolute Gasteiger partial charge is 0.492 e. The van der Waals surface area contributed by atoms with Crippen LogP contribution in [0.1, 0.15) is 28.0 Å². The summed E-state index contributed by atoms with van der Waals surface area (Å²) in [5, 5.41) is 11.4. The summed E-state index contributed by atoms with van der Waals surface area (Å²) in [5.41, 5.74) is 1.56. The molecule has 3 aromatic heterocycles. The minimum absolute atomic E-state index is 0.132. The van der Waals surface area contributed by atoms with E-state index in [1.165, 1.54) is 29.2 Å². The van der Waals surface area contributed by atoms with Gasteiger partial charge in [0.05, 0.1) is 29.3 Å². The minimum Gasteiger partial charge on any atom is -0.492 e. The van der Waals surface area contributed by atoms with Gasteiger partial charge in [-0.3, -0.25) is 14.3 Å². The first-order chi connectivity index (χ1) is 21.8. The van der Waals surface area contributed by atoms with Crippen LogP contribution in [0.25, 0.3) is 17.1 Å². The number of carbonyl (C=O) groups excluding carboxylic acids is 1. The second-order valence-electron chi connectivity index (χ2n) is 10.0. The number of nitrogens with zero attached hydrogens (tertiary/aromatic N) is 7. The molecule has 1 saturated heterocycles. The molecule has 0 saturated carbocycles. The lowest BCUT2D eigenvalue weighted by Gasteiger charge is -2.36. The lowest BCUT2D eigenvalue weighted by atomic mass is 10.2. The molecule has 0 atom stereocenters. The van der Waals surface area contributed by atoms with Crippen molar-refractivity contribution in [1.29, 1.82) is 0 Å². The maximum atomic E-state index is 13.5. The summed E-state index contributed by atoms with van der Waals surface area (Å²) in [4.78, 5) is 25.9. The van der Waals surface area contributed by atoms with Gasteiger partial charge in [0.2, 0.25) is 0 Å². The zero-order valence-corrected chi connectivity index (χ0v) is 25.8. The Bertz CT molecular complexity index is 1770. The van der Waals surface area contributed by atoms with Crippen LogP contribution in [0.4, 0.5) is 18.9 Å². The van der Waals surface area contributed by atoms with E-state index in [4.69, 9.17) is 4.74 Å². The zero-order chi connectivity index (χ0) is 31.4. The molecule has 1 amide bonds. The van der Waals surface area contributed by atoms with Crippen molar-refractivity contribution in [3.05, 3.63) is 94.7 Å². The number of para-hydroxylation sites is 2. The SMILES string of the molecule is CCOc1ccccc1N1CCN(C(=O)c2csc(CSc3nnc(-c4ccncc4)n3-c3cccc(C(F)(F)F)c3)n2)CC1. The summed E-state index contributed by atoms with van der Waals surface area (Å²) < 4.78 is 48.0. The summed E-state index contributed by atoms with van der Waals surface area (Å²) in [6.45, 7) is 4.99. The van der Waals surface area contributed by atoms with Gasteiger partial charge in [0.25, 0.3) is 5.91 Å². The van der Waals surface area contributed by atoms with E-state index in [0.717, 1.165) is 23.6 Å². The van der Waals surface area contributed by atoms with Gasteiger partial charge in [-0.2, -0.15) is 13.2 Å². The van der Waals surface area contributed by atoms with Crippen LogP contribution < -0.4 is 9.64 Å². The molecule has 45 heavy (non-hydrogen) atoms. The monoisotopic (exact) mass is 651 g/mol. The second-order valence-corrected chi connectivity index (χ2v) is 11.9. The average Bonchev–Trinajstić information content (AvgIpc) is 3.72. The van der Waals surface area contributed by atoms with Gasteiger partial charge in [0.1, 0.15) is 16.5 Å². The third-order valence-electron chi connectivity index (χ3n) is 7.17. The molecule has 1 fully saturated rings. The Kier molecular flexibility index (Phi) is 9.03. The fraction of sp³-hybridized carbons (Fsp3) is 0.258. The number of hydrogen-bond donors (Lipinski definition) is 0. The third-order valence-corrected chi connectivity index (χ3v) is 9.14. The third kappa shape index (κ3) is 6.81. The van der Waals surface area contributed by atoms with E-state index in [-0.39, 0.29) is 11.6 Å². The molecule has 0 unspecified atom stereocenters. The molecule has 0 spiro atoms. The molecule has 1 aliphatic heterocycles. The van der Waals surface area contributed by atoms with Crippen molar-refractivity contribution in [2.75, 3.05) is 37.7 Å². The molecule has 14 heteroatoms. The van der Waals surface area contributed by atoms with E-state index >= 15 is 0 Å². The molecule has 9 nitrogen and oxygen atoms in total. The van der Waals surface area contributed by atoms with Crippen LogP contribution in [0.2, 0.25) is 0 Å². The Balaban J connectivity index is 1.15. The molecule has 1 aliphatic rings. The van der Waals surface area contributed by atoms with Gasteiger partial charge >= 0.3 is 6.18 Å². The number of thiazole rings is 1. The van der Waals surface area contributed by atoms with Crippen LogP contribution in [0, 0.1) is 0 Å². The number of alkyl halides is 3. The summed E-state index contributed by atoms with van der Waals surface area (Å²) in [7, 11) is 0. The number of carbonyl (C=O) groups is 1. The van der Waals surface area contributed by atoms with Gasteiger partial charge in [-0.05, 0) is 49.4 Å². The van der Waals surface area contributed by atoms with Crippen molar-refractivity contribution >= 4 is 34.7 Å². The van der Waals surface area contributed by atoms with Crippen LogP contribution in [0.3, 0.4) is 0 Å². The number of hydrogen-bond acceptors (Lipinski definition) is 9. The lowest BCUT2D eigenvalue weighted by Crippen LogP contribution is -2.49. The summed E-state index contributed by atoms with van der Waals surface area (Å²) in [6, 6.07) is 16.4. The number of pyridine rings is 1. The highest BCUT2D eigenvalue weighted by Crippen LogP contribution is 2.34. The first-order valence-corrected chi connectivity index (χ1v) is 16.0. The van der Waals surface area contributed by atoms with Gasteiger partial charge in [-0.15, -0.1) is 21.5 Å². The number of thioether (sulfide) groups is 1. The molecule has 6 rings (SSSR count). The number of anilines is 1. The normalized spacial score (nSPS) is 13.7. The smallest absolute Gasteiger partial charge is 0.416 e. The fourth-order valence-corrected chi connectivity index (χ4v) is 6.75. The number of halogens is 3. The molecule has 0 aliphatic carbocycles. The zero-order valence-electron chi connectivity index (χ0n) is 24.1. The number of aromatic nitrogens is 5. The quantitative estimate of drug-likeness (QED) is 0.168. The summed E-state index contributed by atoms with van der Waals surface area (Å²) >= 11 is 2.64. The van der Waals surface area contributed by atoms with Gasteiger partial charge in [0, 0.05) is 49.5 Å². The summed E-state index contributed by atoms with van der Waals surface area (Å²) in [5.74, 6) is 1.44. The first kappa shape index (κ1) is 30.6. The number of amides is 1. The lowest BCUT2D eigenvalue weighted by molar-refractivity contribution is -0.137. The van der Waals surface area contributed by atoms with Crippen LogP contribution in [0.5, 0.6) is 5.75 Å². The van der Waals surface area contributed by atoms with Crippen molar-refractivity contribution in [3.63, 3.8) is 0 Å². The van der Waals surface area contributed by atoms with Crippen molar-refractivity contribution in [2.24, 2.45) is 0 Å². The predicted octanol–water partition coefficient (Wildman–Crippen LogP) is 6.46. The van der Waals surface area contributed by atoms with E-state index in [9.17, 15) is 18.0 Å². The van der Waals surface area contributed by atoms with E-state index < -0.39 is 11.7 Å². The van der Waals surface area contributed by atoms with Gasteiger partial charge in [0.15, 0.2) is 11.0 Å². The molecule has 5 aromatic rings. The number of piperazine rings is 1. The van der Waals surface area contributed by atoms with Crippen molar-refractivity contribution in [1.82, 2.24) is 29.6 Å². The molecule has 0 bridgehead atoms. The molecule has 232 valence electrons. The molecule has 0 radical (unpaired) electrons. The topological polar surface area (TPSA) is 89.3 Å². The van der Waals surface area contributed by atoms with Crippen LogP contribution in [-0.4, -0.2) is 68.3 Å². The van der Waals surface area contributed by atoms with E-state index in [1.807, 2.05) is 31.2 Å². The van der Waals surface area contributed by atoms with Crippen molar-refractivity contribution in [2.45, 2.75) is 24.0 Å². The highest BCUT2D eigenvalue weighted by atomic mass is 32.2. The van der Waals surface area contributed by atoms with E-state index in [1.54, 1.807) is 45.4 Å². The molecule has 4 heterocycles. The van der Waals surface area contributed by atoms with Crippen LogP contribution >= 0.6 is 23.1 Å². The highest BCUT2D eigenvalue weighted by Gasteiger charge is 2.31. The van der Waals surface area contributed by atoms with Gasteiger partial charge in [-0.1, -0.05) is 30.0 Å². The Labute approximate surface area is 265 Å². The molecule has 0 N–H and O–H groups in total. The average molecular weight is 652 g/mol. The maximum absolute atomic E-state index is 13.5. The number of benzene rings is 2. The fourth-order valence-electron chi connectivity index (χ4n) is 5.02. The van der Waals surface area contributed by atoms with Crippen LogP contribution in [-0.2, 0) is 11.9 Å². The Hall–Kier alpha value is -4.43. The van der Waals surface area contributed by atoms with E-state index in [0.29, 0.717) is 65.8 Å². The Morgan fingerprint density at radius 1 is 1.00 bits per heavy atom. The standard InChI is InChI=1S/C31H28F3N7O2S2/c1-2-43-26-9-4-3-8-25(26)39-14-16-40(17-15-39)29(42)24-19-44-27(36-24)20-45-30-38-37-28(21-10-12-35-13-11-21)41(30)23-7-5-6-22(18-23)31(32,33)34/h3-13,18-19H,2,14-17,20H2,1H3. The molecule has 2 aromatic carbocycles. The second kappa shape index (κ2) is 13.3. The predicted molar refractivity (Wildman–Crippen MR) is 167 cm³/mol. The van der Waals surface area contributed by atoms with Crippen LogP contribution in [0.15, 0.2) is 83.6 Å². The Morgan fingerprint density at radius 3 is 2.53 bits per heavy atom. The first-order valence-electron chi connectivity index (χ1n) is 14.2. The Morgan fingerprint density at radius 2 is 1.78 bits per heavy atom. The van der Waals surface area contributed by atoms with E-state index in [2.05, 4.69) is 25.1 Å². The van der Waals surface area contributed by atoms with Crippen molar-refractivity contribution in [3.8, 4) is 22.8 Å². The molecular weight excluding hydrogens is 624 g/mol. The van der Waals surface area contributed by atoms with Gasteiger partial charge < -0.3 is 14.5 Å².